The van der Waals surface area contributed by atoms with Crippen LogP contribution in [0.3, 0.4) is 0 Å². The van der Waals surface area contributed by atoms with Crippen LogP contribution in [0.4, 0.5) is 5.82 Å². The largest absolute Gasteiger partial charge is 0.497 e. The Labute approximate surface area is 176 Å². The van der Waals surface area contributed by atoms with Gasteiger partial charge in [0.25, 0.3) is 0 Å². The monoisotopic (exact) mass is 408 g/mol. The lowest BCUT2D eigenvalue weighted by atomic mass is 9.94. The lowest BCUT2D eigenvalue weighted by Gasteiger charge is -2.41. The Kier molecular flexibility index (Phi) is 5.38. The molecule has 0 bridgehead atoms. The molecule has 0 unspecified atom stereocenters. The standard InChI is InChI=1S/C23H28N4OS/c1-28-19-9-7-17(8-10-19)20-15-29-23-21(20)22(24-16-25-23)27-13-11-26(12-14-27)18-5-3-2-4-6-18/h7-10,15-16,18H,2-6,11-14H2,1H3. The second-order valence-electron chi connectivity index (χ2n) is 8.07. The van der Waals surface area contributed by atoms with E-state index < -0.39 is 0 Å². The minimum atomic E-state index is 0.798. The minimum Gasteiger partial charge on any atom is -0.497 e. The number of ether oxygens (including phenoxy) is 1. The minimum absolute atomic E-state index is 0.798. The smallest absolute Gasteiger partial charge is 0.141 e. The summed E-state index contributed by atoms with van der Waals surface area (Å²) in [6.07, 6.45) is 8.70. The van der Waals surface area contributed by atoms with E-state index in [1.807, 2.05) is 12.1 Å². The number of hydrogen-bond donors (Lipinski definition) is 0. The van der Waals surface area contributed by atoms with Crippen LogP contribution in [0.5, 0.6) is 5.75 Å². The molecule has 1 saturated heterocycles. The number of aromatic nitrogens is 2. The molecular formula is C23H28N4OS. The van der Waals surface area contributed by atoms with E-state index in [0.29, 0.717) is 0 Å². The van der Waals surface area contributed by atoms with E-state index in [1.54, 1.807) is 24.8 Å². The van der Waals surface area contributed by atoms with Crippen LogP contribution < -0.4 is 9.64 Å². The molecule has 1 aliphatic carbocycles. The van der Waals surface area contributed by atoms with Gasteiger partial charge in [0.2, 0.25) is 0 Å². The summed E-state index contributed by atoms with van der Waals surface area (Å²) in [4.78, 5) is 15.5. The summed E-state index contributed by atoms with van der Waals surface area (Å²) in [6, 6.07) is 9.08. The number of rotatable bonds is 4. The first-order chi connectivity index (χ1) is 14.3. The first-order valence-corrected chi connectivity index (χ1v) is 11.6. The normalized spacial score (nSPS) is 19.0. The van der Waals surface area contributed by atoms with E-state index in [0.717, 1.165) is 48.6 Å². The van der Waals surface area contributed by atoms with Crippen LogP contribution in [0.15, 0.2) is 36.0 Å². The Morgan fingerprint density at radius 1 is 0.966 bits per heavy atom. The Balaban J connectivity index is 1.41. The fraction of sp³-hybridized carbons (Fsp3) is 0.478. The number of thiophene rings is 1. The van der Waals surface area contributed by atoms with Crippen LogP contribution in [0.1, 0.15) is 32.1 Å². The molecule has 3 heterocycles. The van der Waals surface area contributed by atoms with Crippen molar-refractivity contribution in [2.24, 2.45) is 0 Å². The van der Waals surface area contributed by atoms with Crippen molar-refractivity contribution in [2.75, 3.05) is 38.2 Å². The second-order valence-corrected chi connectivity index (χ2v) is 8.93. The van der Waals surface area contributed by atoms with Crippen LogP contribution in [0.25, 0.3) is 21.3 Å². The van der Waals surface area contributed by atoms with Gasteiger partial charge in [-0.3, -0.25) is 4.90 Å². The van der Waals surface area contributed by atoms with Crippen LogP contribution in [0.2, 0.25) is 0 Å². The van der Waals surface area contributed by atoms with E-state index in [9.17, 15) is 0 Å². The molecule has 1 aromatic carbocycles. The molecule has 1 saturated carbocycles. The summed E-state index contributed by atoms with van der Waals surface area (Å²) in [6.45, 7) is 4.36. The molecule has 2 fully saturated rings. The summed E-state index contributed by atoms with van der Waals surface area (Å²) in [5, 5.41) is 3.40. The topological polar surface area (TPSA) is 41.5 Å². The molecule has 0 N–H and O–H groups in total. The van der Waals surface area contributed by atoms with Crippen LogP contribution in [-0.4, -0.2) is 54.2 Å². The highest BCUT2D eigenvalue weighted by atomic mass is 32.1. The first kappa shape index (κ1) is 18.8. The van der Waals surface area contributed by atoms with Gasteiger partial charge in [-0.15, -0.1) is 11.3 Å². The van der Waals surface area contributed by atoms with Crippen molar-refractivity contribution in [3.8, 4) is 16.9 Å². The van der Waals surface area contributed by atoms with Gasteiger partial charge >= 0.3 is 0 Å². The van der Waals surface area contributed by atoms with Gasteiger partial charge in [-0.2, -0.15) is 0 Å². The van der Waals surface area contributed by atoms with E-state index in [1.165, 1.54) is 48.6 Å². The van der Waals surface area contributed by atoms with Crippen molar-refractivity contribution in [2.45, 2.75) is 38.1 Å². The summed E-state index contributed by atoms with van der Waals surface area (Å²) in [5.41, 5.74) is 2.41. The third kappa shape index (κ3) is 3.71. The zero-order valence-electron chi connectivity index (χ0n) is 17.0. The quantitative estimate of drug-likeness (QED) is 0.619. The van der Waals surface area contributed by atoms with E-state index >= 15 is 0 Å². The molecule has 0 amide bonds. The summed E-state index contributed by atoms with van der Waals surface area (Å²) < 4.78 is 5.32. The molecule has 3 aromatic rings. The maximum Gasteiger partial charge on any atom is 0.141 e. The van der Waals surface area contributed by atoms with Crippen molar-refractivity contribution in [1.29, 1.82) is 0 Å². The Morgan fingerprint density at radius 2 is 1.72 bits per heavy atom. The third-order valence-corrected chi connectivity index (χ3v) is 7.34. The zero-order valence-corrected chi connectivity index (χ0v) is 17.8. The Hall–Kier alpha value is -2.18. The number of hydrogen-bond acceptors (Lipinski definition) is 6. The highest BCUT2D eigenvalue weighted by molar-refractivity contribution is 7.17. The molecule has 0 atom stereocenters. The third-order valence-electron chi connectivity index (χ3n) is 6.46. The van der Waals surface area contributed by atoms with Crippen LogP contribution in [0, 0.1) is 0 Å². The SMILES string of the molecule is COc1ccc(-c2csc3ncnc(N4CCN(C5CCCCC5)CC4)c23)cc1. The highest BCUT2D eigenvalue weighted by Gasteiger charge is 2.27. The number of nitrogens with zero attached hydrogens (tertiary/aromatic N) is 4. The lowest BCUT2D eigenvalue weighted by Crippen LogP contribution is -2.51. The number of methoxy groups -OCH3 is 1. The molecule has 0 spiro atoms. The van der Waals surface area contributed by atoms with Gasteiger partial charge in [0.15, 0.2) is 0 Å². The van der Waals surface area contributed by atoms with Gasteiger partial charge in [0.05, 0.1) is 12.5 Å². The van der Waals surface area contributed by atoms with Crippen molar-refractivity contribution >= 4 is 27.4 Å². The first-order valence-electron chi connectivity index (χ1n) is 10.7. The van der Waals surface area contributed by atoms with Gasteiger partial charge in [-0.05, 0) is 30.5 Å². The van der Waals surface area contributed by atoms with Gasteiger partial charge in [-0.25, -0.2) is 9.97 Å². The molecule has 1 aliphatic heterocycles. The molecule has 6 heteroatoms. The number of fused-ring (bicyclic) bond motifs is 1. The maximum atomic E-state index is 5.32. The molecule has 5 rings (SSSR count). The highest BCUT2D eigenvalue weighted by Crippen LogP contribution is 2.38. The molecular weight excluding hydrogens is 380 g/mol. The van der Waals surface area contributed by atoms with Crippen molar-refractivity contribution in [3.05, 3.63) is 36.0 Å². The Bertz CT molecular complexity index is 957. The molecule has 0 radical (unpaired) electrons. The summed E-state index contributed by atoms with van der Waals surface area (Å²) >= 11 is 1.70. The van der Waals surface area contributed by atoms with Gasteiger partial charge in [0, 0.05) is 43.2 Å². The average Bonchev–Trinajstić information content (AvgIpc) is 3.24. The van der Waals surface area contributed by atoms with Gasteiger partial charge in [-0.1, -0.05) is 31.4 Å². The van der Waals surface area contributed by atoms with Crippen molar-refractivity contribution in [3.63, 3.8) is 0 Å². The molecule has 29 heavy (non-hydrogen) atoms. The van der Waals surface area contributed by atoms with Crippen molar-refractivity contribution in [1.82, 2.24) is 14.9 Å². The molecule has 2 aliphatic rings. The van der Waals surface area contributed by atoms with Crippen molar-refractivity contribution < 1.29 is 4.74 Å². The predicted octanol–water partition coefficient (Wildman–Crippen LogP) is 4.82. The second kappa shape index (κ2) is 8.28. The maximum absolute atomic E-state index is 5.32. The van der Waals surface area contributed by atoms with Crippen LogP contribution >= 0.6 is 11.3 Å². The molecule has 152 valence electrons. The Morgan fingerprint density at radius 3 is 2.45 bits per heavy atom. The number of anilines is 1. The summed E-state index contributed by atoms with van der Waals surface area (Å²) in [7, 11) is 1.70. The zero-order chi connectivity index (χ0) is 19.6. The van der Waals surface area contributed by atoms with E-state index in [4.69, 9.17) is 9.72 Å². The van der Waals surface area contributed by atoms with E-state index in [-0.39, 0.29) is 0 Å². The van der Waals surface area contributed by atoms with Crippen LogP contribution in [-0.2, 0) is 0 Å². The average molecular weight is 409 g/mol. The van der Waals surface area contributed by atoms with Gasteiger partial charge < -0.3 is 9.64 Å². The summed E-state index contributed by atoms with van der Waals surface area (Å²) in [5.74, 6) is 1.97. The van der Waals surface area contributed by atoms with E-state index in [2.05, 4.69) is 32.3 Å². The lowest BCUT2D eigenvalue weighted by molar-refractivity contribution is 0.148. The van der Waals surface area contributed by atoms with Gasteiger partial charge in [0.1, 0.15) is 22.7 Å². The predicted molar refractivity (Wildman–Crippen MR) is 120 cm³/mol. The number of piperazine rings is 1. The fourth-order valence-corrected chi connectivity index (χ4v) is 5.74. The molecule has 2 aromatic heterocycles. The fourth-order valence-electron chi connectivity index (χ4n) is 4.83. The number of benzene rings is 1. The molecule has 5 nitrogen and oxygen atoms in total.